The lowest BCUT2D eigenvalue weighted by molar-refractivity contribution is 0.804. The van der Waals surface area contributed by atoms with Crippen molar-refractivity contribution in [2.24, 2.45) is 4.99 Å². The van der Waals surface area contributed by atoms with Crippen LogP contribution in [0.2, 0.25) is 0 Å². The molecule has 4 nitrogen and oxygen atoms in total. The molecule has 2 N–H and O–H groups in total. The molecule has 1 aromatic carbocycles. The summed E-state index contributed by atoms with van der Waals surface area (Å²) in [7, 11) is 0. The third-order valence-electron chi connectivity index (χ3n) is 4.32. The summed E-state index contributed by atoms with van der Waals surface area (Å²) in [5.74, 6) is 3.35. The number of guanidine groups is 1. The number of thiophene rings is 1. The number of hydrogen-bond donors (Lipinski definition) is 2. The number of rotatable bonds is 7. The number of nitrogens with one attached hydrogen (secondary N) is 2. The van der Waals surface area contributed by atoms with Crippen LogP contribution < -0.4 is 15.5 Å². The predicted molar refractivity (Wildman–Crippen MR) is 132 cm³/mol. The molecule has 2 heterocycles. The molecular formula is C20H29IN4S2. The zero-order valence-electron chi connectivity index (χ0n) is 15.8. The van der Waals surface area contributed by atoms with Gasteiger partial charge in [0.05, 0.1) is 6.54 Å². The van der Waals surface area contributed by atoms with Gasteiger partial charge in [0, 0.05) is 48.2 Å². The average molecular weight is 517 g/mol. The van der Waals surface area contributed by atoms with Crippen molar-refractivity contribution >= 4 is 58.7 Å². The molecule has 1 aliphatic rings. The maximum absolute atomic E-state index is 4.73. The summed E-state index contributed by atoms with van der Waals surface area (Å²) in [6, 6.07) is 13.2. The summed E-state index contributed by atoms with van der Waals surface area (Å²) < 4.78 is 0. The Labute approximate surface area is 188 Å². The fourth-order valence-corrected chi connectivity index (χ4v) is 4.52. The number of anilines is 1. The van der Waals surface area contributed by atoms with Gasteiger partial charge in [-0.1, -0.05) is 18.2 Å². The zero-order valence-corrected chi connectivity index (χ0v) is 19.8. The van der Waals surface area contributed by atoms with Crippen LogP contribution in [0.3, 0.4) is 0 Å². The maximum Gasteiger partial charge on any atom is 0.191 e. The summed E-state index contributed by atoms with van der Waals surface area (Å²) in [5.41, 5.74) is 2.58. The van der Waals surface area contributed by atoms with Gasteiger partial charge in [-0.25, -0.2) is 4.99 Å². The van der Waals surface area contributed by atoms with E-state index >= 15 is 0 Å². The Morgan fingerprint density at radius 2 is 1.89 bits per heavy atom. The fraction of sp³-hybridized carbons (Fsp3) is 0.450. The summed E-state index contributed by atoms with van der Waals surface area (Å²) in [4.78, 5) is 8.60. The van der Waals surface area contributed by atoms with E-state index in [0.717, 1.165) is 38.6 Å². The first-order valence-corrected chi connectivity index (χ1v) is 11.3. The van der Waals surface area contributed by atoms with Crippen molar-refractivity contribution in [2.75, 3.05) is 42.6 Å². The number of benzene rings is 1. The van der Waals surface area contributed by atoms with Gasteiger partial charge in [0.25, 0.3) is 0 Å². The highest BCUT2D eigenvalue weighted by Gasteiger charge is 2.10. The van der Waals surface area contributed by atoms with Crippen molar-refractivity contribution in [3.8, 4) is 0 Å². The average Bonchev–Trinajstić information content (AvgIpc) is 3.21. The minimum Gasteiger partial charge on any atom is -0.370 e. The molecule has 1 aliphatic heterocycles. The second-order valence-corrected chi connectivity index (χ2v) is 8.47. The summed E-state index contributed by atoms with van der Waals surface area (Å²) >= 11 is 3.85. The van der Waals surface area contributed by atoms with E-state index in [0.29, 0.717) is 6.54 Å². The third kappa shape index (κ3) is 7.54. The van der Waals surface area contributed by atoms with Crippen LogP contribution in [-0.2, 0) is 13.0 Å². The number of aliphatic imine (C=N–C) groups is 1. The van der Waals surface area contributed by atoms with Gasteiger partial charge >= 0.3 is 0 Å². The van der Waals surface area contributed by atoms with Gasteiger partial charge in [0.2, 0.25) is 0 Å². The topological polar surface area (TPSA) is 39.7 Å². The molecule has 0 atom stereocenters. The lowest BCUT2D eigenvalue weighted by Crippen LogP contribution is -2.38. The van der Waals surface area contributed by atoms with E-state index < -0.39 is 0 Å². The van der Waals surface area contributed by atoms with Crippen LogP contribution in [0, 0.1) is 0 Å². The van der Waals surface area contributed by atoms with Crippen LogP contribution in [0.1, 0.15) is 17.4 Å². The summed E-state index contributed by atoms with van der Waals surface area (Å²) in [6.45, 7) is 6.88. The van der Waals surface area contributed by atoms with E-state index in [9.17, 15) is 0 Å². The van der Waals surface area contributed by atoms with Crippen LogP contribution in [0.4, 0.5) is 5.69 Å². The van der Waals surface area contributed by atoms with E-state index in [1.165, 1.54) is 27.6 Å². The molecule has 0 aliphatic carbocycles. The molecule has 3 rings (SSSR count). The molecule has 148 valence electrons. The largest absolute Gasteiger partial charge is 0.370 e. The number of halogens is 1. The minimum absolute atomic E-state index is 0. The first-order valence-electron chi connectivity index (χ1n) is 9.31. The van der Waals surface area contributed by atoms with Crippen LogP contribution in [0.15, 0.2) is 46.8 Å². The SMILES string of the molecule is CCNC(=NCc1ccc(N2CCSCC2)cc1)NCCc1cccs1.I. The van der Waals surface area contributed by atoms with Gasteiger partial charge in [-0.2, -0.15) is 11.8 Å². The van der Waals surface area contributed by atoms with Crippen LogP contribution in [-0.4, -0.2) is 43.6 Å². The first-order chi connectivity index (χ1) is 12.8. The molecule has 0 radical (unpaired) electrons. The molecule has 0 unspecified atom stereocenters. The van der Waals surface area contributed by atoms with Crippen molar-refractivity contribution in [3.05, 3.63) is 52.2 Å². The Morgan fingerprint density at radius 3 is 2.56 bits per heavy atom. The molecular weight excluding hydrogens is 487 g/mol. The summed E-state index contributed by atoms with van der Waals surface area (Å²) in [5, 5.41) is 8.88. The molecule has 0 amide bonds. The Bertz CT molecular complexity index is 668. The van der Waals surface area contributed by atoms with Crippen molar-refractivity contribution < 1.29 is 0 Å². The predicted octanol–water partition coefficient (Wildman–Crippen LogP) is 4.22. The Morgan fingerprint density at radius 1 is 1.11 bits per heavy atom. The van der Waals surface area contributed by atoms with Crippen molar-refractivity contribution in [1.82, 2.24) is 10.6 Å². The van der Waals surface area contributed by atoms with Gasteiger partial charge in [-0.3, -0.25) is 0 Å². The third-order valence-corrected chi connectivity index (χ3v) is 6.20. The highest BCUT2D eigenvalue weighted by molar-refractivity contribution is 14.0. The highest BCUT2D eigenvalue weighted by atomic mass is 127. The molecule has 1 saturated heterocycles. The zero-order chi connectivity index (χ0) is 18.0. The lowest BCUT2D eigenvalue weighted by atomic mass is 10.2. The summed E-state index contributed by atoms with van der Waals surface area (Å²) in [6.07, 6.45) is 1.03. The first kappa shape index (κ1) is 22.4. The Hall–Kier alpha value is -0.930. The number of hydrogen-bond acceptors (Lipinski definition) is 4. The van der Waals surface area contributed by atoms with Crippen molar-refractivity contribution in [1.29, 1.82) is 0 Å². The van der Waals surface area contributed by atoms with Crippen LogP contribution in [0.5, 0.6) is 0 Å². The van der Waals surface area contributed by atoms with Gasteiger partial charge in [0.1, 0.15) is 0 Å². The van der Waals surface area contributed by atoms with E-state index in [1.54, 1.807) is 11.3 Å². The standard InChI is InChI=1S/C20H28N4S2.HI/c1-2-21-20(22-10-9-19-4-3-13-26-19)23-16-17-5-7-18(8-6-17)24-11-14-25-15-12-24;/h3-8,13H,2,9-12,14-16H2,1H3,(H2,21,22,23);1H. The molecule has 0 bridgehead atoms. The Balaban J connectivity index is 0.00000261. The molecule has 7 heteroatoms. The van der Waals surface area contributed by atoms with Gasteiger partial charge in [-0.15, -0.1) is 35.3 Å². The van der Waals surface area contributed by atoms with E-state index in [-0.39, 0.29) is 24.0 Å². The van der Waals surface area contributed by atoms with E-state index in [1.807, 2.05) is 11.8 Å². The quantitative estimate of drug-likeness (QED) is 0.329. The lowest BCUT2D eigenvalue weighted by Gasteiger charge is -2.28. The second kappa shape index (κ2) is 12.5. The molecule has 2 aromatic rings. The second-order valence-electron chi connectivity index (χ2n) is 6.22. The normalized spacial score (nSPS) is 14.6. The van der Waals surface area contributed by atoms with Crippen LogP contribution >= 0.6 is 47.1 Å². The van der Waals surface area contributed by atoms with E-state index in [4.69, 9.17) is 4.99 Å². The monoisotopic (exact) mass is 516 g/mol. The maximum atomic E-state index is 4.73. The van der Waals surface area contributed by atoms with Gasteiger partial charge in [0.15, 0.2) is 5.96 Å². The molecule has 0 spiro atoms. The Kier molecular flexibility index (Phi) is 10.4. The van der Waals surface area contributed by atoms with Crippen LogP contribution in [0.25, 0.3) is 0 Å². The molecule has 0 saturated carbocycles. The van der Waals surface area contributed by atoms with E-state index in [2.05, 4.69) is 64.2 Å². The highest BCUT2D eigenvalue weighted by Crippen LogP contribution is 2.20. The number of nitrogens with zero attached hydrogens (tertiary/aromatic N) is 2. The minimum atomic E-state index is 0. The molecule has 1 fully saturated rings. The van der Waals surface area contributed by atoms with Gasteiger partial charge in [-0.05, 0) is 42.5 Å². The molecule has 27 heavy (non-hydrogen) atoms. The van der Waals surface area contributed by atoms with Gasteiger partial charge < -0.3 is 15.5 Å². The molecule has 1 aromatic heterocycles. The smallest absolute Gasteiger partial charge is 0.191 e. The van der Waals surface area contributed by atoms with Crippen molar-refractivity contribution in [2.45, 2.75) is 19.9 Å². The fourth-order valence-electron chi connectivity index (χ4n) is 2.90. The van der Waals surface area contributed by atoms with Crippen molar-refractivity contribution in [3.63, 3.8) is 0 Å². The number of thioether (sulfide) groups is 1.